The highest BCUT2D eigenvalue weighted by Crippen LogP contribution is 2.22. The maximum atomic E-state index is 12.3. The van der Waals surface area contributed by atoms with Gasteiger partial charge in [0.2, 0.25) is 0 Å². The molecule has 0 spiro atoms. The van der Waals surface area contributed by atoms with Crippen molar-refractivity contribution in [2.45, 2.75) is 24.9 Å². The van der Waals surface area contributed by atoms with Gasteiger partial charge >= 0.3 is 5.97 Å². The third-order valence-electron chi connectivity index (χ3n) is 3.66. The first-order valence-corrected chi connectivity index (χ1v) is 10.9. The summed E-state index contributed by atoms with van der Waals surface area (Å²) in [4.78, 5) is 32.5. The fourth-order valence-electron chi connectivity index (χ4n) is 2.45. The molecule has 1 aromatic carbocycles. The van der Waals surface area contributed by atoms with Gasteiger partial charge in [0.1, 0.15) is 25.7 Å². The third-order valence-corrected chi connectivity index (χ3v) is 5.81. The van der Waals surface area contributed by atoms with Crippen molar-refractivity contribution >= 4 is 43.3 Å². The summed E-state index contributed by atoms with van der Waals surface area (Å²) in [5, 5.41) is 3.85. The van der Waals surface area contributed by atoms with Gasteiger partial charge in [-0.15, -0.1) is 0 Å². The summed E-state index contributed by atoms with van der Waals surface area (Å²) in [7, 11) is -3.40. The van der Waals surface area contributed by atoms with Gasteiger partial charge in [-0.1, -0.05) is 11.3 Å². The summed E-state index contributed by atoms with van der Waals surface area (Å²) >= 11 is 1.11. The Labute approximate surface area is 164 Å². The largest absolute Gasteiger partial charge is 0.465 e. The average Bonchev–Trinajstić information content (AvgIpc) is 3.22. The van der Waals surface area contributed by atoms with Gasteiger partial charge in [0.25, 0.3) is 5.91 Å². The van der Waals surface area contributed by atoms with E-state index in [1.807, 2.05) is 0 Å². The zero-order chi connectivity index (χ0) is 20.3. The fourth-order valence-corrected chi connectivity index (χ4v) is 4.26. The Morgan fingerprint density at radius 1 is 1.29 bits per heavy atom. The Kier molecular flexibility index (Phi) is 5.70. The number of carbonyl (C=O) groups excluding carboxylic acids is 2. The molecule has 0 unspecified atom stereocenters. The van der Waals surface area contributed by atoms with E-state index >= 15 is 0 Å². The number of benzene rings is 1. The van der Waals surface area contributed by atoms with Crippen LogP contribution in [0.5, 0.6) is 0 Å². The van der Waals surface area contributed by atoms with E-state index in [9.17, 15) is 18.0 Å². The lowest BCUT2D eigenvalue weighted by Crippen LogP contribution is -2.23. The zero-order valence-corrected chi connectivity index (χ0v) is 16.7. The van der Waals surface area contributed by atoms with E-state index in [2.05, 4.69) is 15.1 Å². The highest BCUT2D eigenvalue weighted by molar-refractivity contribution is 7.90. The van der Waals surface area contributed by atoms with Crippen molar-refractivity contribution < 1.29 is 22.7 Å². The molecule has 1 amide bonds. The van der Waals surface area contributed by atoms with Crippen molar-refractivity contribution in [2.24, 2.45) is 4.99 Å². The van der Waals surface area contributed by atoms with Crippen molar-refractivity contribution in [3.8, 4) is 0 Å². The molecule has 0 bridgehead atoms. The predicted octanol–water partition coefficient (Wildman–Crippen LogP) is 0.388. The SMILES string of the molecule is CCOC(=O)Cn1c(=NC(=O)Cn2cncn2)sc2cc(S(C)(=O)=O)ccc21. The molecule has 0 aliphatic rings. The second-order valence-corrected chi connectivity index (χ2v) is 8.80. The Bertz CT molecular complexity index is 1190. The molecule has 2 aromatic heterocycles. The lowest BCUT2D eigenvalue weighted by atomic mass is 10.3. The normalized spacial score (nSPS) is 12.4. The summed E-state index contributed by atoms with van der Waals surface area (Å²) in [6.07, 6.45) is 3.81. The molecule has 0 radical (unpaired) electrons. The maximum absolute atomic E-state index is 12.3. The Balaban J connectivity index is 2.08. The first-order chi connectivity index (χ1) is 13.3. The molecule has 0 saturated heterocycles. The molecule has 0 fully saturated rings. The summed E-state index contributed by atoms with van der Waals surface area (Å²) < 4.78 is 32.1. The zero-order valence-electron chi connectivity index (χ0n) is 15.1. The second kappa shape index (κ2) is 8.02. The summed E-state index contributed by atoms with van der Waals surface area (Å²) in [6.45, 7) is 1.65. The van der Waals surface area contributed by atoms with E-state index in [-0.39, 0.29) is 29.4 Å². The molecule has 3 aromatic rings. The third kappa shape index (κ3) is 4.51. The minimum atomic E-state index is -3.40. The maximum Gasteiger partial charge on any atom is 0.326 e. The van der Waals surface area contributed by atoms with Crippen molar-refractivity contribution in [2.75, 3.05) is 12.9 Å². The van der Waals surface area contributed by atoms with E-state index in [0.29, 0.717) is 10.2 Å². The molecule has 0 aliphatic carbocycles. The number of aromatic nitrogens is 4. The number of hydrogen-bond donors (Lipinski definition) is 0. The number of ether oxygens (including phenoxy) is 1. The molecule has 0 N–H and O–H groups in total. The van der Waals surface area contributed by atoms with Crippen molar-refractivity contribution in [3.05, 3.63) is 35.7 Å². The molecule has 10 nitrogen and oxygen atoms in total. The van der Waals surface area contributed by atoms with Crippen LogP contribution in [0.1, 0.15) is 6.92 Å². The first kappa shape index (κ1) is 19.9. The Morgan fingerprint density at radius 2 is 2.07 bits per heavy atom. The van der Waals surface area contributed by atoms with E-state index in [4.69, 9.17) is 4.74 Å². The van der Waals surface area contributed by atoms with Crippen LogP contribution in [0, 0.1) is 0 Å². The molecule has 148 valence electrons. The lowest BCUT2D eigenvalue weighted by molar-refractivity contribution is -0.143. The number of sulfone groups is 1. The van der Waals surface area contributed by atoms with Gasteiger partial charge in [0, 0.05) is 6.26 Å². The first-order valence-electron chi connectivity index (χ1n) is 8.17. The highest BCUT2D eigenvalue weighted by Gasteiger charge is 2.15. The van der Waals surface area contributed by atoms with E-state index in [1.54, 1.807) is 13.0 Å². The standard InChI is InChI=1S/C16H17N5O5S2/c1-3-26-15(23)8-21-12-5-4-11(28(2,24)25)6-13(12)27-16(21)19-14(22)7-20-10-17-9-18-20/h4-6,9-10H,3,7-8H2,1-2H3. The van der Waals surface area contributed by atoms with Crippen molar-refractivity contribution in [1.82, 2.24) is 19.3 Å². The van der Waals surface area contributed by atoms with Gasteiger partial charge in [0.15, 0.2) is 14.6 Å². The molecular weight excluding hydrogens is 406 g/mol. The Morgan fingerprint density at radius 3 is 2.71 bits per heavy atom. The van der Waals surface area contributed by atoms with Crippen LogP contribution in [-0.2, 0) is 37.3 Å². The van der Waals surface area contributed by atoms with Crippen molar-refractivity contribution in [1.29, 1.82) is 0 Å². The van der Waals surface area contributed by atoms with Crippen LogP contribution in [-0.4, -0.2) is 52.5 Å². The monoisotopic (exact) mass is 423 g/mol. The van der Waals surface area contributed by atoms with E-state index in [0.717, 1.165) is 17.6 Å². The number of thiazole rings is 1. The summed E-state index contributed by atoms with van der Waals surface area (Å²) in [6, 6.07) is 4.54. The van der Waals surface area contributed by atoms with Gasteiger partial charge in [-0.05, 0) is 25.1 Å². The molecule has 28 heavy (non-hydrogen) atoms. The highest BCUT2D eigenvalue weighted by atomic mass is 32.2. The summed E-state index contributed by atoms with van der Waals surface area (Å²) in [5.41, 5.74) is 0.581. The fraction of sp³-hybridized carbons (Fsp3) is 0.312. The van der Waals surface area contributed by atoms with Crippen LogP contribution in [0.15, 0.2) is 40.7 Å². The molecular formula is C16H17N5O5S2. The molecule has 12 heteroatoms. The van der Waals surface area contributed by atoms with Crippen LogP contribution in [0.4, 0.5) is 0 Å². The number of fused-ring (bicyclic) bond motifs is 1. The van der Waals surface area contributed by atoms with Crippen LogP contribution < -0.4 is 4.80 Å². The van der Waals surface area contributed by atoms with Gasteiger partial charge in [-0.25, -0.2) is 18.1 Å². The number of amides is 1. The number of rotatable bonds is 6. The number of carbonyl (C=O) groups is 2. The number of hydrogen-bond acceptors (Lipinski definition) is 8. The Hall–Kier alpha value is -2.86. The predicted molar refractivity (Wildman–Crippen MR) is 100 cm³/mol. The molecule has 3 rings (SSSR count). The summed E-state index contributed by atoms with van der Waals surface area (Å²) in [5.74, 6) is -0.974. The van der Waals surface area contributed by atoms with Gasteiger partial charge in [-0.2, -0.15) is 10.1 Å². The van der Waals surface area contributed by atoms with Crippen LogP contribution >= 0.6 is 11.3 Å². The average molecular weight is 423 g/mol. The van der Waals surface area contributed by atoms with Crippen LogP contribution in [0.2, 0.25) is 0 Å². The quantitative estimate of drug-likeness (QED) is 0.525. The van der Waals surface area contributed by atoms with Gasteiger partial charge < -0.3 is 9.30 Å². The lowest BCUT2D eigenvalue weighted by Gasteiger charge is -2.05. The molecule has 0 saturated carbocycles. The molecule has 2 heterocycles. The second-order valence-electron chi connectivity index (χ2n) is 5.78. The van der Waals surface area contributed by atoms with E-state index in [1.165, 1.54) is 34.0 Å². The van der Waals surface area contributed by atoms with Crippen molar-refractivity contribution in [3.63, 3.8) is 0 Å². The van der Waals surface area contributed by atoms with E-state index < -0.39 is 21.7 Å². The minimum absolute atomic E-state index is 0.109. The topological polar surface area (TPSA) is 126 Å². The van der Waals surface area contributed by atoms with Gasteiger partial charge in [-0.3, -0.25) is 9.59 Å². The smallest absolute Gasteiger partial charge is 0.326 e. The van der Waals surface area contributed by atoms with Crippen LogP contribution in [0.3, 0.4) is 0 Å². The minimum Gasteiger partial charge on any atom is -0.465 e. The number of nitrogens with zero attached hydrogens (tertiary/aromatic N) is 5. The molecule has 0 aliphatic heterocycles. The van der Waals surface area contributed by atoms with Gasteiger partial charge in [0.05, 0.1) is 21.7 Å². The molecule has 0 atom stereocenters. The number of esters is 1. The van der Waals surface area contributed by atoms with Crippen LogP contribution in [0.25, 0.3) is 10.2 Å².